The maximum atomic E-state index is 11.8. The molecule has 0 aliphatic carbocycles. The van der Waals surface area contributed by atoms with Gasteiger partial charge in [0, 0.05) is 11.1 Å². The molecule has 0 fully saturated rings. The van der Waals surface area contributed by atoms with Crippen molar-refractivity contribution in [2.75, 3.05) is 6.61 Å². The number of carbonyl (C=O) groups is 1. The van der Waals surface area contributed by atoms with E-state index in [-0.39, 0.29) is 5.97 Å². The molecule has 0 aliphatic heterocycles. The van der Waals surface area contributed by atoms with Crippen LogP contribution in [0.25, 0.3) is 5.57 Å². The zero-order valence-electron chi connectivity index (χ0n) is 12.6. The fourth-order valence-corrected chi connectivity index (χ4v) is 2.46. The van der Waals surface area contributed by atoms with E-state index in [1.807, 2.05) is 54.6 Å². The number of aryl methyl sites for hydroxylation is 1. The number of carbonyl (C=O) groups excluding carboxylic acids is 1. The maximum absolute atomic E-state index is 11.8. The number of allylic oxidation sites excluding steroid dienone is 1. The largest absolute Gasteiger partial charge is 0.463 e. The predicted molar refractivity (Wildman–Crippen MR) is 90.8 cm³/mol. The van der Waals surface area contributed by atoms with Crippen LogP contribution in [-0.4, -0.2) is 12.6 Å². The maximum Gasteiger partial charge on any atom is 0.331 e. The van der Waals surface area contributed by atoms with Gasteiger partial charge in [0.05, 0.1) is 6.61 Å². The molecular weight excluding hydrogens is 296 g/mol. The molecule has 2 nitrogen and oxygen atoms in total. The second-order valence-electron chi connectivity index (χ2n) is 4.92. The van der Waals surface area contributed by atoms with Gasteiger partial charge < -0.3 is 4.74 Å². The van der Waals surface area contributed by atoms with Crippen LogP contribution in [0.5, 0.6) is 0 Å². The van der Waals surface area contributed by atoms with Crippen molar-refractivity contribution < 1.29 is 9.53 Å². The smallest absolute Gasteiger partial charge is 0.331 e. The molecule has 0 aliphatic rings. The summed E-state index contributed by atoms with van der Waals surface area (Å²) < 4.78 is 5.03. The lowest BCUT2D eigenvalue weighted by molar-refractivity contribution is -0.137. The fourth-order valence-electron chi connectivity index (χ4n) is 2.25. The molecule has 2 aromatic rings. The molecule has 2 rings (SSSR count). The molecule has 0 saturated heterocycles. The summed E-state index contributed by atoms with van der Waals surface area (Å²) in [5.74, 6) is -0.299. The summed E-state index contributed by atoms with van der Waals surface area (Å²) in [4.78, 5) is 11.8. The quantitative estimate of drug-likeness (QED) is 0.559. The molecule has 0 atom stereocenters. The summed E-state index contributed by atoms with van der Waals surface area (Å²) in [6.45, 7) is 2.19. The van der Waals surface area contributed by atoms with E-state index in [1.165, 1.54) is 0 Å². The van der Waals surface area contributed by atoms with Gasteiger partial charge in [-0.25, -0.2) is 4.79 Å². The Morgan fingerprint density at radius 2 is 1.91 bits per heavy atom. The van der Waals surface area contributed by atoms with E-state index in [2.05, 4.69) is 0 Å². The molecule has 0 saturated carbocycles. The normalized spacial score (nSPS) is 11.3. The van der Waals surface area contributed by atoms with Gasteiger partial charge in [0.1, 0.15) is 0 Å². The highest BCUT2D eigenvalue weighted by atomic mass is 35.5. The van der Waals surface area contributed by atoms with E-state index in [0.717, 1.165) is 34.6 Å². The standard InChI is InChI=1S/C19H19ClO2/c1-2-22-19(21)14-17(16-8-4-3-5-9-16)12-11-15-7-6-10-18(20)13-15/h3-10,13-14H,2,11-12H2,1H3/b17-14-. The molecule has 114 valence electrons. The Labute approximate surface area is 136 Å². The van der Waals surface area contributed by atoms with Crippen LogP contribution in [0.2, 0.25) is 5.02 Å². The predicted octanol–water partition coefficient (Wildman–Crippen LogP) is 4.92. The van der Waals surface area contributed by atoms with Crippen LogP contribution in [0.1, 0.15) is 24.5 Å². The van der Waals surface area contributed by atoms with Crippen LogP contribution in [0.4, 0.5) is 0 Å². The Morgan fingerprint density at radius 1 is 1.14 bits per heavy atom. The number of hydrogen-bond donors (Lipinski definition) is 0. The molecule has 0 unspecified atom stereocenters. The number of esters is 1. The van der Waals surface area contributed by atoms with Crippen molar-refractivity contribution >= 4 is 23.1 Å². The minimum absolute atomic E-state index is 0.299. The lowest BCUT2D eigenvalue weighted by Gasteiger charge is -2.09. The molecule has 0 heterocycles. The number of ether oxygens (including phenoxy) is 1. The van der Waals surface area contributed by atoms with Crippen molar-refractivity contribution in [2.24, 2.45) is 0 Å². The lowest BCUT2D eigenvalue weighted by atomic mass is 9.98. The van der Waals surface area contributed by atoms with Gasteiger partial charge in [-0.05, 0) is 48.6 Å². The Kier molecular flexibility index (Phi) is 6.23. The summed E-state index contributed by atoms with van der Waals surface area (Å²) in [5, 5.41) is 0.730. The fraction of sp³-hybridized carbons (Fsp3) is 0.211. The molecule has 0 bridgehead atoms. The van der Waals surface area contributed by atoms with Gasteiger partial charge in [0.2, 0.25) is 0 Å². The van der Waals surface area contributed by atoms with Gasteiger partial charge in [0.25, 0.3) is 0 Å². The second-order valence-corrected chi connectivity index (χ2v) is 5.35. The molecule has 0 N–H and O–H groups in total. The molecule has 0 amide bonds. The van der Waals surface area contributed by atoms with Crippen molar-refractivity contribution in [3.8, 4) is 0 Å². The Balaban J connectivity index is 2.16. The Bertz CT molecular complexity index is 647. The molecule has 0 aromatic heterocycles. The molecule has 22 heavy (non-hydrogen) atoms. The Morgan fingerprint density at radius 3 is 2.59 bits per heavy atom. The van der Waals surface area contributed by atoms with Crippen LogP contribution in [0.3, 0.4) is 0 Å². The van der Waals surface area contributed by atoms with Crippen LogP contribution in [0, 0.1) is 0 Å². The van der Waals surface area contributed by atoms with Crippen molar-refractivity contribution in [3.63, 3.8) is 0 Å². The first kappa shape index (κ1) is 16.3. The van der Waals surface area contributed by atoms with Gasteiger partial charge in [-0.2, -0.15) is 0 Å². The summed E-state index contributed by atoms with van der Waals surface area (Å²) in [6, 6.07) is 17.7. The van der Waals surface area contributed by atoms with Crippen molar-refractivity contribution in [3.05, 3.63) is 76.8 Å². The third kappa shape index (κ3) is 5.05. The summed E-state index contributed by atoms with van der Waals surface area (Å²) in [5.41, 5.74) is 3.16. The van der Waals surface area contributed by atoms with Gasteiger partial charge in [-0.15, -0.1) is 0 Å². The number of benzene rings is 2. The van der Waals surface area contributed by atoms with Crippen molar-refractivity contribution in [2.45, 2.75) is 19.8 Å². The number of rotatable bonds is 6. The number of halogens is 1. The van der Waals surface area contributed by atoms with E-state index in [4.69, 9.17) is 16.3 Å². The molecule has 0 radical (unpaired) electrons. The summed E-state index contributed by atoms with van der Waals surface area (Å²) in [7, 11) is 0. The van der Waals surface area contributed by atoms with Gasteiger partial charge >= 0.3 is 5.97 Å². The van der Waals surface area contributed by atoms with E-state index < -0.39 is 0 Å². The SMILES string of the molecule is CCOC(=O)/C=C(/CCc1cccc(Cl)c1)c1ccccc1. The van der Waals surface area contributed by atoms with Crippen LogP contribution in [-0.2, 0) is 16.0 Å². The topological polar surface area (TPSA) is 26.3 Å². The third-order valence-corrected chi connectivity index (χ3v) is 3.53. The van der Waals surface area contributed by atoms with Gasteiger partial charge in [-0.3, -0.25) is 0 Å². The van der Waals surface area contributed by atoms with Crippen molar-refractivity contribution in [1.82, 2.24) is 0 Å². The first-order valence-corrected chi connectivity index (χ1v) is 7.74. The average molecular weight is 315 g/mol. The first-order valence-electron chi connectivity index (χ1n) is 7.36. The van der Waals surface area contributed by atoms with Crippen LogP contribution < -0.4 is 0 Å². The molecule has 2 aromatic carbocycles. The van der Waals surface area contributed by atoms with E-state index in [9.17, 15) is 4.79 Å². The zero-order chi connectivity index (χ0) is 15.8. The van der Waals surface area contributed by atoms with Gasteiger partial charge in [0.15, 0.2) is 0 Å². The molecular formula is C19H19ClO2. The minimum atomic E-state index is -0.299. The van der Waals surface area contributed by atoms with Crippen LogP contribution >= 0.6 is 11.6 Å². The monoisotopic (exact) mass is 314 g/mol. The summed E-state index contributed by atoms with van der Waals surface area (Å²) >= 11 is 6.01. The zero-order valence-corrected chi connectivity index (χ0v) is 13.3. The third-order valence-electron chi connectivity index (χ3n) is 3.30. The molecule has 0 spiro atoms. The van der Waals surface area contributed by atoms with E-state index in [1.54, 1.807) is 13.0 Å². The highest BCUT2D eigenvalue weighted by molar-refractivity contribution is 6.30. The highest BCUT2D eigenvalue weighted by Crippen LogP contribution is 2.22. The highest BCUT2D eigenvalue weighted by Gasteiger charge is 2.06. The lowest BCUT2D eigenvalue weighted by Crippen LogP contribution is -2.01. The Hall–Kier alpha value is -2.06. The second kappa shape index (κ2) is 8.40. The van der Waals surface area contributed by atoms with Gasteiger partial charge in [-0.1, -0.05) is 54.1 Å². The first-order chi connectivity index (χ1) is 10.7. The van der Waals surface area contributed by atoms with E-state index >= 15 is 0 Å². The van der Waals surface area contributed by atoms with E-state index in [0.29, 0.717) is 6.61 Å². The molecule has 3 heteroatoms. The number of hydrogen-bond acceptors (Lipinski definition) is 2. The van der Waals surface area contributed by atoms with Crippen molar-refractivity contribution in [1.29, 1.82) is 0 Å². The van der Waals surface area contributed by atoms with Crippen LogP contribution in [0.15, 0.2) is 60.7 Å². The minimum Gasteiger partial charge on any atom is -0.463 e. The average Bonchev–Trinajstić information content (AvgIpc) is 2.52. The summed E-state index contributed by atoms with van der Waals surface area (Å²) in [6.07, 6.45) is 3.16.